The maximum Gasteiger partial charge on any atom is 0.416 e. The number of hydrogen-bond donors (Lipinski definition) is 1. The first-order valence-corrected chi connectivity index (χ1v) is 7.28. The zero-order valence-electron chi connectivity index (χ0n) is 13.0. The van der Waals surface area contributed by atoms with Gasteiger partial charge in [0, 0.05) is 11.8 Å². The lowest BCUT2D eigenvalue weighted by atomic mass is 10.1. The molecule has 3 aromatic rings. The van der Waals surface area contributed by atoms with Gasteiger partial charge in [-0.1, -0.05) is 12.1 Å². The van der Waals surface area contributed by atoms with E-state index in [1.54, 1.807) is 0 Å². The topological polar surface area (TPSA) is 67.8 Å². The van der Waals surface area contributed by atoms with E-state index >= 15 is 0 Å². The van der Waals surface area contributed by atoms with Crippen LogP contribution in [-0.2, 0) is 6.18 Å². The summed E-state index contributed by atoms with van der Waals surface area (Å²) in [6, 6.07) is 9.75. The lowest BCUT2D eigenvalue weighted by Gasteiger charge is -2.08. The zero-order chi connectivity index (χ0) is 18.7. The molecule has 0 saturated heterocycles. The average molecular weight is 362 g/mol. The first kappa shape index (κ1) is 17.5. The second-order valence-electron chi connectivity index (χ2n) is 5.17. The molecule has 1 aromatic carbocycles. The highest BCUT2D eigenvalue weighted by Crippen LogP contribution is 2.30. The van der Waals surface area contributed by atoms with Gasteiger partial charge in [0.25, 0.3) is 5.91 Å². The average Bonchev–Trinajstić information content (AvgIpc) is 2.62. The number of aromatic nitrogens is 3. The summed E-state index contributed by atoms with van der Waals surface area (Å²) in [6.45, 7) is 0. The largest absolute Gasteiger partial charge is 0.416 e. The lowest BCUT2D eigenvalue weighted by Crippen LogP contribution is -2.16. The van der Waals surface area contributed by atoms with Crippen LogP contribution in [0.4, 0.5) is 23.4 Å². The minimum atomic E-state index is -4.42. The van der Waals surface area contributed by atoms with Crippen LogP contribution in [0.15, 0.2) is 54.7 Å². The number of nitrogens with zero attached hydrogens (tertiary/aromatic N) is 3. The maximum absolute atomic E-state index is 13.5. The molecule has 132 valence electrons. The molecule has 3 rings (SSSR count). The third-order valence-corrected chi connectivity index (χ3v) is 3.39. The Bertz CT molecular complexity index is 925. The van der Waals surface area contributed by atoms with E-state index in [-0.39, 0.29) is 11.5 Å². The van der Waals surface area contributed by atoms with Gasteiger partial charge in [-0.05, 0) is 36.4 Å². The highest BCUT2D eigenvalue weighted by Gasteiger charge is 2.30. The van der Waals surface area contributed by atoms with Crippen molar-refractivity contribution in [3.63, 3.8) is 0 Å². The quantitative estimate of drug-likeness (QED) is 0.717. The molecule has 0 bridgehead atoms. The van der Waals surface area contributed by atoms with Crippen molar-refractivity contribution in [1.82, 2.24) is 15.2 Å². The molecule has 2 heterocycles. The van der Waals surface area contributed by atoms with Gasteiger partial charge in [0.2, 0.25) is 0 Å². The predicted octanol–water partition coefficient (Wildman–Crippen LogP) is 3.95. The van der Waals surface area contributed by atoms with Crippen LogP contribution in [0, 0.1) is 5.82 Å². The van der Waals surface area contributed by atoms with Crippen LogP contribution in [0.2, 0.25) is 0 Å². The summed E-state index contributed by atoms with van der Waals surface area (Å²) in [5.41, 5.74) is -0.406. The molecule has 2 aromatic heterocycles. The van der Waals surface area contributed by atoms with E-state index in [0.717, 1.165) is 18.2 Å². The van der Waals surface area contributed by atoms with Crippen molar-refractivity contribution in [1.29, 1.82) is 0 Å². The number of carbonyl (C=O) groups excluding carboxylic acids is 1. The molecule has 0 unspecified atom stereocenters. The van der Waals surface area contributed by atoms with Gasteiger partial charge in [-0.25, -0.2) is 9.37 Å². The van der Waals surface area contributed by atoms with Gasteiger partial charge in [0.05, 0.1) is 11.3 Å². The molecule has 0 radical (unpaired) electrons. The Morgan fingerprint density at radius 3 is 2.27 bits per heavy atom. The number of alkyl halides is 3. The molecule has 9 heteroatoms. The number of halogens is 4. The van der Waals surface area contributed by atoms with Crippen LogP contribution in [-0.4, -0.2) is 21.1 Å². The molecular weight excluding hydrogens is 352 g/mol. The van der Waals surface area contributed by atoms with Gasteiger partial charge in [-0.3, -0.25) is 4.79 Å². The van der Waals surface area contributed by atoms with E-state index in [9.17, 15) is 22.4 Å². The van der Waals surface area contributed by atoms with Crippen LogP contribution in [0.1, 0.15) is 16.1 Å². The Morgan fingerprint density at radius 1 is 0.962 bits per heavy atom. The minimum Gasteiger partial charge on any atom is -0.304 e. The third kappa shape index (κ3) is 3.82. The molecule has 0 fully saturated rings. The first-order valence-electron chi connectivity index (χ1n) is 7.28. The first-order chi connectivity index (χ1) is 12.3. The molecule has 0 atom stereocenters. The molecule has 1 N–H and O–H groups in total. The second-order valence-corrected chi connectivity index (χ2v) is 5.17. The summed E-state index contributed by atoms with van der Waals surface area (Å²) in [6.07, 6.45) is -3.14. The Morgan fingerprint density at radius 2 is 1.69 bits per heavy atom. The monoisotopic (exact) mass is 362 g/mol. The van der Waals surface area contributed by atoms with Crippen molar-refractivity contribution in [2.45, 2.75) is 6.18 Å². The lowest BCUT2D eigenvalue weighted by molar-refractivity contribution is -0.137. The van der Waals surface area contributed by atoms with Crippen molar-refractivity contribution in [2.75, 3.05) is 5.32 Å². The fraction of sp³-hybridized carbons (Fsp3) is 0.0588. The molecular formula is C17H10F4N4O. The van der Waals surface area contributed by atoms with E-state index in [2.05, 4.69) is 20.5 Å². The molecule has 0 spiro atoms. The highest BCUT2D eigenvalue weighted by molar-refractivity contribution is 6.02. The van der Waals surface area contributed by atoms with Gasteiger partial charge in [-0.2, -0.15) is 13.2 Å². The molecule has 1 amide bonds. The van der Waals surface area contributed by atoms with Crippen molar-refractivity contribution >= 4 is 11.7 Å². The standard InChI is InChI=1S/C17H10F4N4O/c18-12-2-1-9-22-15(12)16(26)23-14-8-7-13(24-25-14)10-3-5-11(6-4-10)17(19,20)21/h1-9H,(H,23,25,26). The van der Waals surface area contributed by atoms with Gasteiger partial charge < -0.3 is 5.32 Å². The fourth-order valence-electron chi connectivity index (χ4n) is 2.11. The number of rotatable bonds is 3. The van der Waals surface area contributed by atoms with Crippen LogP contribution < -0.4 is 5.32 Å². The summed E-state index contributed by atoms with van der Waals surface area (Å²) >= 11 is 0. The number of carbonyl (C=O) groups is 1. The Kier molecular flexibility index (Phi) is 4.61. The molecule has 0 aliphatic heterocycles. The van der Waals surface area contributed by atoms with Crippen LogP contribution in [0.5, 0.6) is 0 Å². The maximum atomic E-state index is 13.5. The summed E-state index contributed by atoms with van der Waals surface area (Å²) in [4.78, 5) is 15.6. The molecule has 5 nitrogen and oxygen atoms in total. The molecule has 0 aliphatic carbocycles. The third-order valence-electron chi connectivity index (χ3n) is 3.39. The normalized spacial score (nSPS) is 11.2. The Balaban J connectivity index is 1.74. The van der Waals surface area contributed by atoms with Crippen LogP contribution in [0.3, 0.4) is 0 Å². The summed E-state index contributed by atoms with van der Waals surface area (Å²) in [5, 5.41) is 9.96. The van der Waals surface area contributed by atoms with Gasteiger partial charge in [0.1, 0.15) is 0 Å². The van der Waals surface area contributed by atoms with Gasteiger partial charge >= 0.3 is 6.18 Å². The van der Waals surface area contributed by atoms with Gasteiger partial charge in [-0.15, -0.1) is 10.2 Å². The van der Waals surface area contributed by atoms with E-state index in [1.807, 2.05) is 0 Å². The molecule has 0 saturated carbocycles. The summed E-state index contributed by atoms with van der Waals surface area (Å²) in [5.74, 6) is -1.52. The smallest absolute Gasteiger partial charge is 0.304 e. The van der Waals surface area contributed by atoms with Crippen molar-refractivity contribution in [3.05, 3.63) is 71.8 Å². The van der Waals surface area contributed by atoms with E-state index in [4.69, 9.17) is 0 Å². The number of amides is 1. The van der Waals surface area contributed by atoms with Crippen molar-refractivity contribution in [2.24, 2.45) is 0 Å². The number of nitrogens with one attached hydrogen (secondary N) is 1. The second kappa shape index (κ2) is 6.87. The van der Waals surface area contributed by atoms with Crippen molar-refractivity contribution < 1.29 is 22.4 Å². The van der Waals surface area contributed by atoms with Crippen LogP contribution in [0.25, 0.3) is 11.3 Å². The number of hydrogen-bond acceptors (Lipinski definition) is 4. The molecule has 0 aliphatic rings. The van der Waals surface area contributed by atoms with Gasteiger partial charge in [0.15, 0.2) is 17.3 Å². The molecule has 26 heavy (non-hydrogen) atoms. The number of pyridine rings is 1. The van der Waals surface area contributed by atoms with Crippen molar-refractivity contribution in [3.8, 4) is 11.3 Å². The van der Waals surface area contributed by atoms with E-state index < -0.39 is 23.5 Å². The summed E-state index contributed by atoms with van der Waals surface area (Å²) < 4.78 is 51.2. The number of benzene rings is 1. The van der Waals surface area contributed by atoms with E-state index in [0.29, 0.717) is 11.3 Å². The van der Waals surface area contributed by atoms with E-state index in [1.165, 1.54) is 36.5 Å². The Hall–Kier alpha value is -3.36. The minimum absolute atomic E-state index is 0.0516. The SMILES string of the molecule is O=C(Nc1ccc(-c2ccc(C(F)(F)F)cc2)nn1)c1ncccc1F. The zero-order valence-corrected chi connectivity index (χ0v) is 13.0. The van der Waals surface area contributed by atoms with Crippen LogP contribution >= 0.6 is 0 Å². The Labute approximate surface area is 144 Å². The summed E-state index contributed by atoms with van der Waals surface area (Å²) in [7, 11) is 0. The fourth-order valence-corrected chi connectivity index (χ4v) is 2.11. The predicted molar refractivity (Wildman–Crippen MR) is 84.6 cm³/mol. The highest BCUT2D eigenvalue weighted by atomic mass is 19.4. The number of anilines is 1.